The molecular weight excluding hydrogens is 256 g/mol. The Bertz CT molecular complexity index is 679. The van der Waals surface area contributed by atoms with Gasteiger partial charge in [0.2, 0.25) is 5.82 Å². The van der Waals surface area contributed by atoms with Gasteiger partial charge >= 0.3 is 5.97 Å². The van der Waals surface area contributed by atoms with E-state index in [-0.39, 0.29) is 5.82 Å². The smallest absolute Gasteiger partial charge is 0.376 e. The SMILES string of the molecule is COC(=O)c1nccc(N(C)c2ccccc2C#N)n1. The molecule has 100 valence electrons. The molecular formula is C14H12N4O2. The van der Waals surface area contributed by atoms with E-state index in [1.165, 1.54) is 13.3 Å². The van der Waals surface area contributed by atoms with Crippen molar-refractivity contribution in [2.24, 2.45) is 0 Å². The van der Waals surface area contributed by atoms with E-state index in [0.717, 1.165) is 0 Å². The third-order valence-electron chi connectivity index (χ3n) is 2.74. The molecule has 1 heterocycles. The molecule has 0 amide bonds. The molecule has 0 aliphatic rings. The summed E-state index contributed by atoms with van der Waals surface area (Å²) in [6.45, 7) is 0. The number of carbonyl (C=O) groups is 1. The lowest BCUT2D eigenvalue weighted by molar-refractivity contribution is 0.0587. The largest absolute Gasteiger partial charge is 0.463 e. The highest BCUT2D eigenvalue weighted by Gasteiger charge is 2.14. The second kappa shape index (κ2) is 5.80. The van der Waals surface area contributed by atoms with Crippen molar-refractivity contribution in [3.8, 4) is 6.07 Å². The number of esters is 1. The van der Waals surface area contributed by atoms with Crippen LogP contribution in [0, 0.1) is 11.3 Å². The molecule has 6 heteroatoms. The average molecular weight is 268 g/mol. The first-order valence-electron chi connectivity index (χ1n) is 5.81. The topological polar surface area (TPSA) is 79.1 Å². The fourth-order valence-corrected chi connectivity index (χ4v) is 1.71. The van der Waals surface area contributed by atoms with Gasteiger partial charge in [-0.2, -0.15) is 5.26 Å². The van der Waals surface area contributed by atoms with Crippen LogP contribution in [0.3, 0.4) is 0 Å². The van der Waals surface area contributed by atoms with Gasteiger partial charge in [0.25, 0.3) is 0 Å². The second-order valence-corrected chi connectivity index (χ2v) is 3.92. The van der Waals surface area contributed by atoms with Crippen molar-refractivity contribution < 1.29 is 9.53 Å². The Morgan fingerprint density at radius 2 is 2.10 bits per heavy atom. The molecule has 1 aromatic carbocycles. The molecule has 0 atom stereocenters. The number of rotatable bonds is 3. The molecule has 0 N–H and O–H groups in total. The van der Waals surface area contributed by atoms with Gasteiger partial charge in [0.05, 0.1) is 18.4 Å². The second-order valence-electron chi connectivity index (χ2n) is 3.92. The van der Waals surface area contributed by atoms with Crippen molar-refractivity contribution in [1.29, 1.82) is 5.26 Å². The molecule has 0 radical (unpaired) electrons. The number of carbonyl (C=O) groups excluding carboxylic acids is 1. The highest BCUT2D eigenvalue weighted by Crippen LogP contribution is 2.24. The molecule has 0 fully saturated rings. The Morgan fingerprint density at radius 1 is 1.35 bits per heavy atom. The van der Waals surface area contributed by atoms with Crippen molar-refractivity contribution in [3.63, 3.8) is 0 Å². The van der Waals surface area contributed by atoms with E-state index in [1.807, 2.05) is 6.07 Å². The Kier molecular flexibility index (Phi) is 3.91. The molecule has 0 bridgehead atoms. The maximum Gasteiger partial charge on any atom is 0.376 e. The number of nitriles is 1. The Balaban J connectivity index is 2.41. The van der Waals surface area contributed by atoms with Gasteiger partial charge in [-0.15, -0.1) is 0 Å². The molecule has 1 aromatic heterocycles. The van der Waals surface area contributed by atoms with Gasteiger partial charge < -0.3 is 9.64 Å². The zero-order chi connectivity index (χ0) is 14.5. The monoisotopic (exact) mass is 268 g/mol. The third kappa shape index (κ3) is 2.57. The summed E-state index contributed by atoms with van der Waals surface area (Å²) in [5.74, 6) is -0.122. The van der Waals surface area contributed by atoms with E-state index in [2.05, 4.69) is 20.8 Å². The van der Waals surface area contributed by atoms with E-state index in [1.54, 1.807) is 36.2 Å². The number of para-hydroxylation sites is 1. The highest BCUT2D eigenvalue weighted by molar-refractivity contribution is 5.85. The lowest BCUT2D eigenvalue weighted by atomic mass is 10.2. The minimum absolute atomic E-state index is 0.0220. The summed E-state index contributed by atoms with van der Waals surface area (Å²) in [5.41, 5.74) is 1.22. The van der Waals surface area contributed by atoms with Crippen LogP contribution < -0.4 is 4.90 Å². The Labute approximate surface area is 116 Å². The number of hydrogen-bond donors (Lipinski definition) is 0. The van der Waals surface area contributed by atoms with E-state index in [4.69, 9.17) is 5.26 Å². The summed E-state index contributed by atoms with van der Waals surface area (Å²) in [6.07, 6.45) is 1.47. The van der Waals surface area contributed by atoms with Crippen LogP contribution in [0.4, 0.5) is 11.5 Å². The van der Waals surface area contributed by atoms with E-state index >= 15 is 0 Å². The standard InChI is InChI=1S/C14H12N4O2/c1-18(11-6-4-3-5-10(11)9-15)12-7-8-16-13(17-12)14(19)20-2/h3-8H,1-2H3. The van der Waals surface area contributed by atoms with Gasteiger partial charge in [0.15, 0.2) is 0 Å². The lowest BCUT2D eigenvalue weighted by Crippen LogP contribution is -2.15. The van der Waals surface area contributed by atoms with Crippen LogP contribution in [-0.2, 0) is 4.74 Å². The first kappa shape index (κ1) is 13.5. The lowest BCUT2D eigenvalue weighted by Gasteiger charge is -2.19. The first-order chi connectivity index (χ1) is 9.67. The van der Waals surface area contributed by atoms with Gasteiger partial charge in [0.1, 0.15) is 11.9 Å². The van der Waals surface area contributed by atoms with Crippen molar-refractivity contribution >= 4 is 17.5 Å². The van der Waals surface area contributed by atoms with E-state index in [9.17, 15) is 4.79 Å². The number of anilines is 2. The van der Waals surface area contributed by atoms with Gasteiger partial charge in [0, 0.05) is 13.2 Å². The van der Waals surface area contributed by atoms with Crippen LogP contribution in [0.2, 0.25) is 0 Å². The minimum atomic E-state index is -0.603. The van der Waals surface area contributed by atoms with Crippen LogP contribution in [0.1, 0.15) is 16.2 Å². The predicted octanol–water partition coefficient (Wildman–Crippen LogP) is 1.90. The van der Waals surface area contributed by atoms with Crippen LogP contribution in [0.25, 0.3) is 0 Å². The molecule has 0 saturated carbocycles. The Hall–Kier alpha value is -2.94. The fraction of sp³-hybridized carbons (Fsp3) is 0.143. The van der Waals surface area contributed by atoms with Crippen LogP contribution in [0.15, 0.2) is 36.5 Å². The van der Waals surface area contributed by atoms with Gasteiger partial charge in [-0.25, -0.2) is 14.8 Å². The number of nitrogens with zero attached hydrogens (tertiary/aromatic N) is 4. The molecule has 0 aliphatic carbocycles. The Morgan fingerprint density at radius 3 is 2.80 bits per heavy atom. The van der Waals surface area contributed by atoms with Crippen LogP contribution >= 0.6 is 0 Å². The minimum Gasteiger partial charge on any atom is -0.463 e. The van der Waals surface area contributed by atoms with Gasteiger partial charge in [-0.05, 0) is 18.2 Å². The molecule has 20 heavy (non-hydrogen) atoms. The molecule has 6 nitrogen and oxygen atoms in total. The number of hydrogen-bond acceptors (Lipinski definition) is 6. The quantitative estimate of drug-likeness (QED) is 0.791. The third-order valence-corrected chi connectivity index (χ3v) is 2.74. The predicted molar refractivity (Wildman–Crippen MR) is 72.6 cm³/mol. The van der Waals surface area contributed by atoms with Crippen LogP contribution in [0.5, 0.6) is 0 Å². The number of benzene rings is 1. The highest BCUT2D eigenvalue weighted by atomic mass is 16.5. The normalized spacial score (nSPS) is 9.65. The average Bonchev–Trinajstić information content (AvgIpc) is 2.53. The van der Waals surface area contributed by atoms with Crippen molar-refractivity contribution in [2.75, 3.05) is 19.1 Å². The molecule has 0 saturated heterocycles. The molecule has 0 spiro atoms. The first-order valence-corrected chi connectivity index (χ1v) is 5.81. The summed E-state index contributed by atoms with van der Waals surface area (Å²) in [7, 11) is 3.03. The number of methoxy groups -OCH3 is 1. The van der Waals surface area contributed by atoms with Crippen molar-refractivity contribution in [2.45, 2.75) is 0 Å². The molecule has 0 unspecified atom stereocenters. The molecule has 0 aliphatic heterocycles. The van der Waals surface area contributed by atoms with Crippen molar-refractivity contribution in [3.05, 3.63) is 47.9 Å². The number of aromatic nitrogens is 2. The zero-order valence-corrected chi connectivity index (χ0v) is 11.1. The van der Waals surface area contributed by atoms with Crippen molar-refractivity contribution in [1.82, 2.24) is 9.97 Å². The summed E-state index contributed by atoms with van der Waals surface area (Å²) < 4.78 is 4.59. The van der Waals surface area contributed by atoms with E-state index in [0.29, 0.717) is 17.1 Å². The molecule has 2 rings (SSSR count). The maximum absolute atomic E-state index is 11.4. The number of ether oxygens (including phenoxy) is 1. The van der Waals surface area contributed by atoms with Gasteiger partial charge in [-0.1, -0.05) is 12.1 Å². The zero-order valence-electron chi connectivity index (χ0n) is 11.1. The maximum atomic E-state index is 11.4. The molecule has 2 aromatic rings. The van der Waals surface area contributed by atoms with Crippen LogP contribution in [-0.4, -0.2) is 30.1 Å². The van der Waals surface area contributed by atoms with E-state index < -0.39 is 5.97 Å². The fourth-order valence-electron chi connectivity index (χ4n) is 1.71. The summed E-state index contributed by atoms with van der Waals surface area (Å²) in [4.78, 5) is 21.1. The summed E-state index contributed by atoms with van der Waals surface area (Å²) in [5, 5.41) is 9.11. The summed E-state index contributed by atoms with van der Waals surface area (Å²) >= 11 is 0. The van der Waals surface area contributed by atoms with Gasteiger partial charge in [-0.3, -0.25) is 0 Å². The summed E-state index contributed by atoms with van der Waals surface area (Å²) in [6, 6.07) is 10.9.